The third-order valence-corrected chi connectivity index (χ3v) is 3.77. The van der Waals surface area contributed by atoms with Gasteiger partial charge in [0.05, 0.1) is 27.9 Å². The number of hydrogen-bond acceptors (Lipinski definition) is 6. The summed E-state index contributed by atoms with van der Waals surface area (Å²) in [7, 11) is 4.85. The molecular formula is C13H18N2O3S. The Morgan fingerprint density at radius 3 is 2.32 bits per heavy atom. The van der Waals surface area contributed by atoms with Crippen LogP contribution in [0.2, 0.25) is 0 Å². The topological polar surface area (TPSA) is 52.1 Å². The monoisotopic (exact) mass is 282 g/mol. The summed E-state index contributed by atoms with van der Waals surface area (Å²) >= 11 is 1.68. The van der Waals surface area contributed by atoms with Gasteiger partial charge in [-0.05, 0) is 17.7 Å². The number of amidine groups is 1. The highest BCUT2D eigenvalue weighted by atomic mass is 32.2. The molecule has 2 rings (SSSR count). The van der Waals surface area contributed by atoms with Crippen LogP contribution >= 0.6 is 11.8 Å². The lowest BCUT2D eigenvalue weighted by Crippen LogP contribution is -2.15. The fourth-order valence-corrected chi connectivity index (χ4v) is 2.70. The molecule has 0 spiro atoms. The highest BCUT2D eigenvalue weighted by Crippen LogP contribution is 2.39. The van der Waals surface area contributed by atoms with Crippen molar-refractivity contribution in [2.75, 3.05) is 34.4 Å². The Kier molecular flexibility index (Phi) is 4.79. The summed E-state index contributed by atoms with van der Waals surface area (Å²) in [5.74, 6) is 2.79. The van der Waals surface area contributed by atoms with Gasteiger partial charge in [-0.2, -0.15) is 0 Å². The quantitative estimate of drug-likeness (QED) is 0.894. The van der Waals surface area contributed by atoms with E-state index in [9.17, 15) is 0 Å². The van der Waals surface area contributed by atoms with E-state index in [-0.39, 0.29) is 0 Å². The molecule has 0 aromatic heterocycles. The van der Waals surface area contributed by atoms with Crippen LogP contribution in [-0.4, -0.2) is 39.6 Å². The molecule has 0 radical (unpaired) electrons. The first kappa shape index (κ1) is 13.9. The van der Waals surface area contributed by atoms with Crippen LogP contribution in [0.4, 0.5) is 0 Å². The zero-order valence-corrected chi connectivity index (χ0v) is 12.2. The number of ether oxygens (including phenoxy) is 3. The maximum atomic E-state index is 5.33. The van der Waals surface area contributed by atoms with Crippen molar-refractivity contribution in [1.29, 1.82) is 0 Å². The molecule has 0 amide bonds. The summed E-state index contributed by atoms with van der Waals surface area (Å²) in [4.78, 5) is 4.35. The van der Waals surface area contributed by atoms with Gasteiger partial charge in [0.15, 0.2) is 16.7 Å². The smallest absolute Gasteiger partial charge is 0.203 e. The molecule has 1 aliphatic heterocycles. The molecule has 1 aliphatic rings. The minimum absolute atomic E-state index is 0.620. The van der Waals surface area contributed by atoms with E-state index < -0.39 is 0 Å². The van der Waals surface area contributed by atoms with Gasteiger partial charge in [-0.25, -0.2) is 0 Å². The minimum atomic E-state index is 0.620. The average molecular weight is 282 g/mol. The van der Waals surface area contributed by atoms with Crippen molar-refractivity contribution in [3.05, 3.63) is 17.7 Å². The molecule has 0 bridgehead atoms. The lowest BCUT2D eigenvalue weighted by molar-refractivity contribution is 0.324. The van der Waals surface area contributed by atoms with Crippen LogP contribution in [0.3, 0.4) is 0 Å². The highest BCUT2D eigenvalue weighted by molar-refractivity contribution is 8.13. The van der Waals surface area contributed by atoms with Gasteiger partial charge in [-0.3, -0.25) is 4.99 Å². The van der Waals surface area contributed by atoms with E-state index in [2.05, 4.69) is 10.3 Å². The molecule has 0 atom stereocenters. The molecule has 0 unspecified atom stereocenters. The third kappa shape index (κ3) is 3.26. The summed E-state index contributed by atoms with van der Waals surface area (Å²) in [5.41, 5.74) is 1.11. The van der Waals surface area contributed by atoms with E-state index in [1.807, 2.05) is 12.1 Å². The van der Waals surface area contributed by atoms with Crippen LogP contribution in [0.5, 0.6) is 17.2 Å². The summed E-state index contributed by atoms with van der Waals surface area (Å²) in [6.45, 7) is 1.79. The van der Waals surface area contributed by atoms with Gasteiger partial charge in [0.25, 0.3) is 0 Å². The van der Waals surface area contributed by atoms with Crippen LogP contribution in [0.25, 0.3) is 0 Å². The molecule has 0 saturated carbocycles. The van der Waals surface area contributed by atoms with Crippen molar-refractivity contribution in [1.82, 2.24) is 5.32 Å². The van der Waals surface area contributed by atoms with E-state index in [1.165, 1.54) is 0 Å². The molecule has 0 saturated heterocycles. The van der Waals surface area contributed by atoms with Crippen molar-refractivity contribution in [3.63, 3.8) is 0 Å². The molecule has 1 aromatic carbocycles. The van der Waals surface area contributed by atoms with Gasteiger partial charge in [-0.15, -0.1) is 0 Å². The van der Waals surface area contributed by atoms with Gasteiger partial charge < -0.3 is 19.5 Å². The summed E-state index contributed by atoms with van der Waals surface area (Å²) < 4.78 is 16.0. The van der Waals surface area contributed by atoms with Gasteiger partial charge >= 0.3 is 0 Å². The summed E-state index contributed by atoms with van der Waals surface area (Å²) in [6, 6.07) is 3.92. The maximum absolute atomic E-state index is 5.33. The van der Waals surface area contributed by atoms with Crippen molar-refractivity contribution >= 4 is 16.9 Å². The largest absolute Gasteiger partial charge is 0.493 e. The number of aliphatic imine (C=N–C) groups is 1. The number of nitrogens with one attached hydrogen (secondary N) is 1. The van der Waals surface area contributed by atoms with E-state index in [0.29, 0.717) is 17.2 Å². The molecule has 0 aliphatic carbocycles. The van der Waals surface area contributed by atoms with Crippen LogP contribution in [0.15, 0.2) is 17.1 Å². The van der Waals surface area contributed by atoms with Gasteiger partial charge in [0.1, 0.15) is 0 Å². The Balaban J connectivity index is 2.15. The second-order valence-corrected chi connectivity index (χ2v) is 4.90. The molecule has 0 fully saturated rings. The van der Waals surface area contributed by atoms with E-state index >= 15 is 0 Å². The number of methoxy groups -OCH3 is 3. The Bertz CT molecular complexity index is 452. The maximum Gasteiger partial charge on any atom is 0.203 e. The summed E-state index contributed by atoms with van der Waals surface area (Å²) in [5, 5.41) is 4.23. The highest BCUT2D eigenvalue weighted by Gasteiger charge is 2.14. The third-order valence-electron chi connectivity index (χ3n) is 2.74. The molecular weight excluding hydrogens is 264 g/mol. The van der Waals surface area contributed by atoms with E-state index in [0.717, 1.165) is 29.6 Å². The normalized spacial score (nSPS) is 13.7. The van der Waals surface area contributed by atoms with Crippen LogP contribution in [-0.2, 0) is 5.75 Å². The first-order valence-electron chi connectivity index (χ1n) is 5.98. The predicted molar refractivity (Wildman–Crippen MR) is 77.7 cm³/mol. The minimum Gasteiger partial charge on any atom is -0.493 e. The van der Waals surface area contributed by atoms with Gasteiger partial charge in [-0.1, -0.05) is 11.8 Å². The number of rotatable bonds is 5. The molecule has 1 heterocycles. The number of hydrogen-bond donors (Lipinski definition) is 1. The fraction of sp³-hybridized carbons (Fsp3) is 0.462. The molecule has 19 heavy (non-hydrogen) atoms. The first-order valence-corrected chi connectivity index (χ1v) is 6.97. The number of nitrogens with zero attached hydrogens (tertiary/aromatic N) is 1. The molecule has 1 N–H and O–H groups in total. The molecule has 5 nitrogen and oxygen atoms in total. The SMILES string of the molecule is COc1cc(CSC2=NCCN2)cc(OC)c1OC. The van der Waals surface area contributed by atoms with Crippen molar-refractivity contribution in [2.45, 2.75) is 5.75 Å². The van der Waals surface area contributed by atoms with Gasteiger partial charge in [0, 0.05) is 12.3 Å². The summed E-state index contributed by atoms with van der Waals surface area (Å²) in [6.07, 6.45) is 0. The van der Waals surface area contributed by atoms with Crippen molar-refractivity contribution < 1.29 is 14.2 Å². The second-order valence-electron chi connectivity index (χ2n) is 3.94. The molecule has 1 aromatic rings. The van der Waals surface area contributed by atoms with E-state index in [4.69, 9.17) is 14.2 Å². The lowest BCUT2D eigenvalue weighted by atomic mass is 10.2. The number of benzene rings is 1. The Hall–Kier alpha value is -1.56. The van der Waals surface area contributed by atoms with Crippen molar-refractivity contribution in [3.8, 4) is 17.2 Å². The van der Waals surface area contributed by atoms with E-state index in [1.54, 1.807) is 33.1 Å². The van der Waals surface area contributed by atoms with Crippen LogP contribution in [0.1, 0.15) is 5.56 Å². The average Bonchev–Trinajstić information content (AvgIpc) is 2.97. The number of thioether (sulfide) groups is 1. The standard InChI is InChI=1S/C13H18N2O3S/c1-16-10-6-9(7-11(17-2)12(10)18-3)8-19-13-14-4-5-15-13/h6-7H,4-5,8H2,1-3H3,(H,14,15). The lowest BCUT2D eigenvalue weighted by Gasteiger charge is -2.14. The molecule has 6 heteroatoms. The zero-order chi connectivity index (χ0) is 13.7. The van der Waals surface area contributed by atoms with Gasteiger partial charge in [0.2, 0.25) is 5.75 Å². The Morgan fingerprint density at radius 2 is 1.84 bits per heavy atom. The van der Waals surface area contributed by atoms with Crippen LogP contribution < -0.4 is 19.5 Å². The first-order chi connectivity index (χ1) is 9.28. The zero-order valence-electron chi connectivity index (χ0n) is 11.4. The molecule has 104 valence electrons. The second kappa shape index (κ2) is 6.56. The Labute approximate surface area is 117 Å². The predicted octanol–water partition coefficient (Wildman–Crippen LogP) is 1.90. The van der Waals surface area contributed by atoms with Crippen LogP contribution in [0, 0.1) is 0 Å². The fourth-order valence-electron chi connectivity index (χ4n) is 1.84. The Morgan fingerprint density at radius 1 is 1.16 bits per heavy atom. The van der Waals surface area contributed by atoms with Crippen molar-refractivity contribution in [2.24, 2.45) is 4.99 Å².